The molecule has 178 valence electrons. The highest BCUT2D eigenvalue weighted by Gasteiger charge is 2.43. The summed E-state index contributed by atoms with van der Waals surface area (Å²) in [6.45, 7) is 5.23. The van der Waals surface area contributed by atoms with E-state index in [2.05, 4.69) is 6.92 Å². The third-order valence-electron chi connectivity index (χ3n) is 6.75. The maximum Gasteiger partial charge on any atom is 0.250 e. The molecule has 4 rings (SSSR count). The SMILES string of the molecule is CCCOc1ccc([C@H]2C(=O)N(C3CCC(C)CC3)CC(=O)N2Cc2ccco2)cc1OC. The summed E-state index contributed by atoms with van der Waals surface area (Å²) in [6, 6.07) is 8.51. The number of amides is 2. The van der Waals surface area contributed by atoms with Gasteiger partial charge in [-0.2, -0.15) is 0 Å². The van der Waals surface area contributed by atoms with Crippen LogP contribution in [0.2, 0.25) is 0 Å². The molecule has 1 saturated carbocycles. The molecule has 0 bridgehead atoms. The van der Waals surface area contributed by atoms with E-state index in [1.807, 2.05) is 36.1 Å². The van der Waals surface area contributed by atoms with Crippen molar-refractivity contribution in [3.63, 3.8) is 0 Å². The summed E-state index contributed by atoms with van der Waals surface area (Å²) in [4.78, 5) is 30.7. The van der Waals surface area contributed by atoms with Crippen molar-refractivity contribution in [3.05, 3.63) is 47.9 Å². The summed E-state index contributed by atoms with van der Waals surface area (Å²) in [5.41, 5.74) is 0.717. The lowest BCUT2D eigenvalue weighted by molar-refractivity contribution is -0.160. The van der Waals surface area contributed by atoms with Crippen molar-refractivity contribution < 1.29 is 23.5 Å². The van der Waals surface area contributed by atoms with E-state index in [-0.39, 0.29) is 30.9 Å². The molecule has 0 radical (unpaired) electrons. The summed E-state index contributed by atoms with van der Waals surface area (Å²) in [5.74, 6) is 2.40. The second kappa shape index (κ2) is 10.3. The van der Waals surface area contributed by atoms with Crippen molar-refractivity contribution in [1.82, 2.24) is 9.80 Å². The molecule has 0 unspecified atom stereocenters. The molecule has 2 fully saturated rings. The van der Waals surface area contributed by atoms with E-state index in [0.29, 0.717) is 29.8 Å². The Morgan fingerprint density at radius 1 is 1.09 bits per heavy atom. The van der Waals surface area contributed by atoms with E-state index in [9.17, 15) is 9.59 Å². The lowest BCUT2D eigenvalue weighted by Crippen LogP contribution is -2.58. The van der Waals surface area contributed by atoms with E-state index in [1.54, 1.807) is 24.3 Å². The molecule has 2 aliphatic rings. The van der Waals surface area contributed by atoms with Crippen LogP contribution in [0.3, 0.4) is 0 Å². The molecule has 2 aromatic rings. The first-order chi connectivity index (χ1) is 16.0. The fourth-order valence-electron chi connectivity index (χ4n) is 4.87. The van der Waals surface area contributed by atoms with Gasteiger partial charge in [0.15, 0.2) is 11.5 Å². The van der Waals surface area contributed by atoms with Crippen molar-refractivity contribution in [1.29, 1.82) is 0 Å². The zero-order chi connectivity index (χ0) is 23.4. The number of piperazine rings is 1. The van der Waals surface area contributed by atoms with Crippen molar-refractivity contribution in [2.45, 2.75) is 64.6 Å². The molecular weight excluding hydrogens is 420 g/mol. The highest BCUT2D eigenvalue weighted by Crippen LogP contribution is 2.37. The zero-order valence-corrected chi connectivity index (χ0v) is 19.8. The Kier molecular flexibility index (Phi) is 7.26. The van der Waals surface area contributed by atoms with Crippen LogP contribution in [-0.2, 0) is 16.1 Å². The largest absolute Gasteiger partial charge is 0.493 e. The molecule has 1 aliphatic carbocycles. The summed E-state index contributed by atoms with van der Waals surface area (Å²) in [6.07, 6.45) is 6.52. The van der Waals surface area contributed by atoms with Crippen LogP contribution in [0.25, 0.3) is 0 Å². The second-order valence-electron chi connectivity index (χ2n) is 9.14. The number of rotatable bonds is 8. The predicted octanol–water partition coefficient (Wildman–Crippen LogP) is 4.57. The van der Waals surface area contributed by atoms with Crippen molar-refractivity contribution in [3.8, 4) is 11.5 Å². The number of methoxy groups -OCH3 is 1. The molecule has 1 aliphatic heterocycles. The number of furan rings is 1. The maximum atomic E-state index is 13.9. The van der Waals surface area contributed by atoms with Gasteiger partial charge in [-0.3, -0.25) is 9.59 Å². The Morgan fingerprint density at radius 3 is 2.55 bits per heavy atom. The topological polar surface area (TPSA) is 72.2 Å². The van der Waals surface area contributed by atoms with Crippen LogP contribution in [0.1, 0.15) is 63.3 Å². The predicted molar refractivity (Wildman–Crippen MR) is 124 cm³/mol. The number of ether oxygens (including phenoxy) is 2. The van der Waals surface area contributed by atoms with Crippen LogP contribution in [0.15, 0.2) is 41.0 Å². The molecular formula is C26H34N2O5. The van der Waals surface area contributed by atoms with E-state index >= 15 is 0 Å². The fourth-order valence-corrected chi connectivity index (χ4v) is 4.87. The average Bonchev–Trinajstić information content (AvgIpc) is 3.34. The average molecular weight is 455 g/mol. The number of benzene rings is 1. The van der Waals surface area contributed by atoms with Gasteiger partial charge >= 0.3 is 0 Å². The van der Waals surface area contributed by atoms with Gasteiger partial charge in [-0.25, -0.2) is 0 Å². The Labute approximate surface area is 195 Å². The molecule has 7 nitrogen and oxygen atoms in total. The molecule has 2 heterocycles. The normalized spacial score (nSPS) is 23.7. The van der Waals surface area contributed by atoms with Crippen LogP contribution < -0.4 is 9.47 Å². The maximum absolute atomic E-state index is 13.9. The van der Waals surface area contributed by atoms with E-state index < -0.39 is 6.04 Å². The minimum absolute atomic E-state index is 0.0370. The van der Waals surface area contributed by atoms with Crippen molar-refractivity contribution in [2.24, 2.45) is 5.92 Å². The van der Waals surface area contributed by atoms with Crippen molar-refractivity contribution >= 4 is 11.8 Å². The first-order valence-corrected chi connectivity index (χ1v) is 11.9. The zero-order valence-electron chi connectivity index (χ0n) is 19.8. The highest BCUT2D eigenvalue weighted by atomic mass is 16.5. The summed E-state index contributed by atoms with van der Waals surface area (Å²) >= 11 is 0. The van der Waals surface area contributed by atoms with Crippen LogP contribution in [-0.4, -0.2) is 47.9 Å². The first-order valence-electron chi connectivity index (χ1n) is 11.9. The number of hydrogen-bond acceptors (Lipinski definition) is 5. The Hall–Kier alpha value is -2.96. The molecule has 1 aromatic carbocycles. The van der Waals surface area contributed by atoms with E-state index in [4.69, 9.17) is 13.9 Å². The Bertz CT molecular complexity index is 950. The molecule has 7 heteroatoms. The van der Waals surface area contributed by atoms with Crippen LogP contribution in [0, 0.1) is 5.92 Å². The van der Waals surface area contributed by atoms with Gasteiger partial charge in [0.05, 0.1) is 26.5 Å². The van der Waals surface area contributed by atoms with Gasteiger partial charge in [-0.05, 0) is 67.9 Å². The molecule has 1 aromatic heterocycles. The molecule has 0 spiro atoms. The number of carbonyl (C=O) groups excluding carboxylic acids is 2. The summed E-state index contributed by atoms with van der Waals surface area (Å²) in [5, 5.41) is 0. The van der Waals surface area contributed by atoms with Gasteiger partial charge in [-0.15, -0.1) is 0 Å². The third-order valence-corrected chi connectivity index (χ3v) is 6.75. The minimum atomic E-state index is -0.732. The molecule has 2 amide bonds. The second-order valence-corrected chi connectivity index (χ2v) is 9.14. The van der Waals surface area contributed by atoms with E-state index in [0.717, 1.165) is 37.7 Å². The number of carbonyl (C=O) groups is 2. The standard InChI is InChI=1S/C26H34N2O5/c1-4-13-33-22-12-9-19(15-23(22)31-3)25-26(30)27(20-10-7-18(2)8-11-20)17-24(29)28(25)16-21-6-5-14-32-21/h5-6,9,12,14-15,18,20,25H,4,7-8,10-11,13,16-17H2,1-3H3/t18?,20?,25-/m0/s1. The fraction of sp³-hybridized carbons (Fsp3) is 0.538. The number of nitrogens with zero attached hydrogens (tertiary/aromatic N) is 2. The lowest BCUT2D eigenvalue weighted by atomic mass is 9.85. The van der Waals surface area contributed by atoms with Gasteiger partial charge in [-0.1, -0.05) is 19.9 Å². The summed E-state index contributed by atoms with van der Waals surface area (Å²) < 4.78 is 16.9. The van der Waals surface area contributed by atoms with Gasteiger partial charge < -0.3 is 23.7 Å². The van der Waals surface area contributed by atoms with Crippen LogP contribution in [0.4, 0.5) is 0 Å². The Morgan fingerprint density at radius 2 is 1.88 bits per heavy atom. The Balaban J connectivity index is 1.67. The highest BCUT2D eigenvalue weighted by molar-refractivity contribution is 5.96. The van der Waals surface area contributed by atoms with Gasteiger partial charge in [0.2, 0.25) is 5.91 Å². The summed E-state index contributed by atoms with van der Waals surface area (Å²) in [7, 11) is 1.59. The van der Waals surface area contributed by atoms with E-state index in [1.165, 1.54) is 0 Å². The molecule has 0 N–H and O–H groups in total. The number of hydrogen-bond donors (Lipinski definition) is 0. The molecule has 1 saturated heterocycles. The van der Waals surface area contributed by atoms with Gasteiger partial charge in [0, 0.05) is 6.04 Å². The minimum Gasteiger partial charge on any atom is -0.493 e. The monoisotopic (exact) mass is 454 g/mol. The molecule has 33 heavy (non-hydrogen) atoms. The van der Waals surface area contributed by atoms with Gasteiger partial charge in [0.25, 0.3) is 5.91 Å². The molecule has 1 atom stereocenters. The first kappa shape index (κ1) is 23.2. The quantitative estimate of drug-likeness (QED) is 0.584. The van der Waals surface area contributed by atoms with Crippen LogP contribution >= 0.6 is 0 Å². The van der Waals surface area contributed by atoms with Gasteiger partial charge in [0.1, 0.15) is 18.3 Å². The van der Waals surface area contributed by atoms with Crippen molar-refractivity contribution in [2.75, 3.05) is 20.3 Å². The van der Waals surface area contributed by atoms with Crippen LogP contribution in [0.5, 0.6) is 11.5 Å². The third kappa shape index (κ3) is 5.02. The smallest absolute Gasteiger partial charge is 0.250 e. The lowest BCUT2D eigenvalue weighted by Gasteiger charge is -2.45.